The molecule has 0 fully saturated rings. The van der Waals surface area contributed by atoms with Crippen molar-refractivity contribution in [3.63, 3.8) is 0 Å². The molecule has 0 spiro atoms. The van der Waals surface area contributed by atoms with Gasteiger partial charge in [0.25, 0.3) is 0 Å². The first-order valence-electron chi connectivity index (χ1n) is 5.70. The molecule has 0 aliphatic heterocycles. The Bertz CT molecular complexity index is 231. The SMILES string of the molecule is CCC(C)NC(=O)CCNCC(C)C(=O)O. The minimum absolute atomic E-state index is 0.00447. The van der Waals surface area contributed by atoms with Gasteiger partial charge in [-0.1, -0.05) is 13.8 Å². The summed E-state index contributed by atoms with van der Waals surface area (Å²) in [6.45, 7) is 6.51. The smallest absolute Gasteiger partial charge is 0.307 e. The molecule has 0 aromatic rings. The lowest BCUT2D eigenvalue weighted by atomic mass is 10.2. The van der Waals surface area contributed by atoms with Crippen LogP contribution in [0, 0.1) is 5.92 Å². The van der Waals surface area contributed by atoms with E-state index in [-0.39, 0.29) is 11.9 Å². The van der Waals surface area contributed by atoms with Crippen LogP contribution in [0.3, 0.4) is 0 Å². The zero-order chi connectivity index (χ0) is 12.6. The van der Waals surface area contributed by atoms with E-state index in [4.69, 9.17) is 5.11 Å². The van der Waals surface area contributed by atoms with Crippen molar-refractivity contribution in [1.29, 1.82) is 0 Å². The number of carboxylic acid groups (broad SMARTS) is 1. The maximum absolute atomic E-state index is 11.3. The summed E-state index contributed by atoms with van der Waals surface area (Å²) in [5.74, 6) is -1.24. The number of carboxylic acids is 1. The fourth-order valence-electron chi connectivity index (χ4n) is 1.06. The quantitative estimate of drug-likeness (QED) is 0.534. The van der Waals surface area contributed by atoms with E-state index in [0.29, 0.717) is 19.5 Å². The second kappa shape index (κ2) is 8.10. The van der Waals surface area contributed by atoms with Gasteiger partial charge in [0.05, 0.1) is 5.92 Å². The highest BCUT2D eigenvalue weighted by Gasteiger charge is 2.10. The molecule has 5 nitrogen and oxygen atoms in total. The Hall–Kier alpha value is -1.10. The molecule has 0 saturated carbocycles. The molecule has 16 heavy (non-hydrogen) atoms. The maximum atomic E-state index is 11.3. The molecule has 1 amide bonds. The second-order valence-corrected chi connectivity index (χ2v) is 4.07. The highest BCUT2D eigenvalue weighted by atomic mass is 16.4. The zero-order valence-electron chi connectivity index (χ0n) is 10.2. The molecule has 2 atom stereocenters. The Labute approximate surface area is 96.6 Å². The molecule has 3 N–H and O–H groups in total. The highest BCUT2D eigenvalue weighted by molar-refractivity contribution is 5.76. The molecule has 0 rings (SSSR count). The lowest BCUT2D eigenvalue weighted by Gasteiger charge is -2.12. The van der Waals surface area contributed by atoms with E-state index in [1.807, 2.05) is 13.8 Å². The van der Waals surface area contributed by atoms with Gasteiger partial charge in [-0.05, 0) is 13.3 Å². The van der Waals surface area contributed by atoms with Crippen molar-refractivity contribution in [3.05, 3.63) is 0 Å². The van der Waals surface area contributed by atoms with E-state index >= 15 is 0 Å². The van der Waals surface area contributed by atoms with E-state index < -0.39 is 11.9 Å². The van der Waals surface area contributed by atoms with Crippen molar-refractivity contribution >= 4 is 11.9 Å². The van der Waals surface area contributed by atoms with E-state index in [1.165, 1.54) is 0 Å². The van der Waals surface area contributed by atoms with E-state index in [9.17, 15) is 9.59 Å². The maximum Gasteiger partial charge on any atom is 0.307 e. The average Bonchev–Trinajstić information content (AvgIpc) is 2.23. The van der Waals surface area contributed by atoms with E-state index in [2.05, 4.69) is 10.6 Å². The Morgan fingerprint density at radius 1 is 1.31 bits per heavy atom. The predicted molar refractivity (Wildman–Crippen MR) is 62.2 cm³/mol. The molecule has 0 aromatic carbocycles. The topological polar surface area (TPSA) is 78.4 Å². The first-order valence-corrected chi connectivity index (χ1v) is 5.70. The highest BCUT2D eigenvalue weighted by Crippen LogP contribution is 1.92. The van der Waals surface area contributed by atoms with Crippen molar-refractivity contribution in [3.8, 4) is 0 Å². The lowest BCUT2D eigenvalue weighted by Crippen LogP contribution is -2.35. The summed E-state index contributed by atoms with van der Waals surface area (Å²) in [4.78, 5) is 21.8. The fraction of sp³-hybridized carbons (Fsp3) is 0.818. The summed E-state index contributed by atoms with van der Waals surface area (Å²) < 4.78 is 0. The Morgan fingerprint density at radius 2 is 1.94 bits per heavy atom. The summed E-state index contributed by atoms with van der Waals surface area (Å²) in [5, 5.41) is 14.4. The Balaban J connectivity index is 3.52. The number of carbonyl (C=O) groups excluding carboxylic acids is 1. The predicted octanol–water partition coefficient (Wildman–Crippen LogP) is 0.601. The largest absolute Gasteiger partial charge is 0.481 e. The van der Waals surface area contributed by atoms with Crippen LogP contribution in [0.2, 0.25) is 0 Å². The first-order chi connectivity index (χ1) is 7.47. The fourth-order valence-corrected chi connectivity index (χ4v) is 1.06. The molecular formula is C11H22N2O3. The molecule has 0 heterocycles. The number of hydrogen-bond acceptors (Lipinski definition) is 3. The van der Waals surface area contributed by atoms with Crippen LogP contribution in [-0.4, -0.2) is 36.1 Å². The van der Waals surface area contributed by atoms with Crippen LogP contribution in [0.1, 0.15) is 33.6 Å². The van der Waals surface area contributed by atoms with Gasteiger partial charge in [0.2, 0.25) is 5.91 Å². The van der Waals surface area contributed by atoms with Crippen molar-refractivity contribution in [2.24, 2.45) is 5.92 Å². The van der Waals surface area contributed by atoms with Crippen LogP contribution >= 0.6 is 0 Å². The summed E-state index contributed by atoms with van der Waals surface area (Å²) in [7, 11) is 0. The number of rotatable bonds is 8. The van der Waals surface area contributed by atoms with Crippen LogP contribution in [-0.2, 0) is 9.59 Å². The molecule has 0 aliphatic rings. The van der Waals surface area contributed by atoms with Crippen LogP contribution in [0.5, 0.6) is 0 Å². The molecule has 94 valence electrons. The van der Waals surface area contributed by atoms with E-state index in [1.54, 1.807) is 6.92 Å². The monoisotopic (exact) mass is 230 g/mol. The van der Waals surface area contributed by atoms with Crippen LogP contribution in [0.15, 0.2) is 0 Å². The lowest BCUT2D eigenvalue weighted by molar-refractivity contribution is -0.140. The van der Waals surface area contributed by atoms with Gasteiger partial charge in [0.15, 0.2) is 0 Å². The van der Waals surface area contributed by atoms with Gasteiger partial charge in [-0.3, -0.25) is 9.59 Å². The van der Waals surface area contributed by atoms with Crippen molar-refractivity contribution < 1.29 is 14.7 Å². The number of hydrogen-bond donors (Lipinski definition) is 3. The van der Waals surface area contributed by atoms with Gasteiger partial charge < -0.3 is 15.7 Å². The van der Waals surface area contributed by atoms with Crippen LogP contribution in [0.4, 0.5) is 0 Å². The number of aliphatic carboxylic acids is 1. The zero-order valence-corrected chi connectivity index (χ0v) is 10.2. The van der Waals surface area contributed by atoms with Crippen LogP contribution < -0.4 is 10.6 Å². The Kier molecular flexibility index (Phi) is 7.54. The normalized spacial score (nSPS) is 14.2. The van der Waals surface area contributed by atoms with Crippen molar-refractivity contribution in [2.75, 3.05) is 13.1 Å². The molecule has 0 radical (unpaired) electrons. The van der Waals surface area contributed by atoms with Gasteiger partial charge in [-0.15, -0.1) is 0 Å². The molecule has 0 aromatic heterocycles. The third-order valence-electron chi connectivity index (χ3n) is 2.42. The summed E-state index contributed by atoms with van der Waals surface area (Å²) in [5.41, 5.74) is 0. The van der Waals surface area contributed by atoms with Crippen molar-refractivity contribution in [2.45, 2.75) is 39.7 Å². The number of amides is 1. The average molecular weight is 230 g/mol. The van der Waals surface area contributed by atoms with Crippen LogP contribution in [0.25, 0.3) is 0 Å². The second-order valence-electron chi connectivity index (χ2n) is 4.07. The third-order valence-corrected chi connectivity index (χ3v) is 2.42. The molecule has 2 unspecified atom stereocenters. The standard InChI is InChI=1S/C11H22N2O3/c1-4-9(3)13-10(14)5-6-12-7-8(2)11(15)16/h8-9,12H,4-7H2,1-3H3,(H,13,14)(H,15,16). The molecule has 5 heteroatoms. The summed E-state index contributed by atoms with van der Waals surface area (Å²) >= 11 is 0. The van der Waals surface area contributed by atoms with Gasteiger partial charge >= 0.3 is 5.97 Å². The molecule has 0 bridgehead atoms. The molecule has 0 saturated heterocycles. The number of nitrogens with one attached hydrogen (secondary N) is 2. The summed E-state index contributed by atoms with van der Waals surface area (Å²) in [6.07, 6.45) is 1.30. The van der Waals surface area contributed by atoms with Gasteiger partial charge in [-0.2, -0.15) is 0 Å². The third kappa shape index (κ3) is 7.23. The van der Waals surface area contributed by atoms with E-state index in [0.717, 1.165) is 6.42 Å². The minimum Gasteiger partial charge on any atom is -0.481 e. The van der Waals surface area contributed by atoms with Gasteiger partial charge in [0.1, 0.15) is 0 Å². The minimum atomic E-state index is -0.823. The molecular weight excluding hydrogens is 208 g/mol. The Morgan fingerprint density at radius 3 is 2.44 bits per heavy atom. The van der Waals surface area contributed by atoms with Gasteiger partial charge in [-0.25, -0.2) is 0 Å². The van der Waals surface area contributed by atoms with Crippen molar-refractivity contribution in [1.82, 2.24) is 10.6 Å². The summed E-state index contributed by atoms with van der Waals surface area (Å²) in [6, 6.07) is 0.199. The van der Waals surface area contributed by atoms with Gasteiger partial charge in [0, 0.05) is 25.6 Å². The first kappa shape index (κ1) is 14.9. The number of carbonyl (C=O) groups is 2. The molecule has 0 aliphatic carbocycles.